The number of H-pyrrole nitrogens is 1. The number of fused-ring (bicyclic) bond motifs is 1. The molecule has 0 saturated heterocycles. The van der Waals surface area contributed by atoms with Crippen molar-refractivity contribution in [3.63, 3.8) is 0 Å². The topological polar surface area (TPSA) is 66.5 Å². The minimum absolute atomic E-state index is 0.640. The van der Waals surface area contributed by atoms with Crippen molar-refractivity contribution in [3.05, 3.63) is 12.5 Å². The number of nitrogens with one attached hydrogen (secondary N) is 2. The van der Waals surface area contributed by atoms with Gasteiger partial charge in [-0.1, -0.05) is 6.92 Å². The zero-order valence-electron chi connectivity index (χ0n) is 7.41. The molecule has 0 bridgehead atoms. The van der Waals surface area contributed by atoms with Crippen molar-refractivity contribution in [3.8, 4) is 0 Å². The van der Waals surface area contributed by atoms with Crippen LogP contribution < -0.4 is 5.32 Å². The molecule has 68 valence electrons. The van der Waals surface area contributed by atoms with Crippen molar-refractivity contribution < 1.29 is 0 Å². The summed E-state index contributed by atoms with van der Waals surface area (Å²) >= 11 is 0. The van der Waals surface area contributed by atoms with Gasteiger partial charge in [-0.3, -0.25) is 0 Å². The number of hydrogen-bond donors (Lipinski definition) is 2. The number of rotatable bonds is 3. The van der Waals surface area contributed by atoms with Gasteiger partial charge in [0.05, 0.1) is 12.5 Å². The van der Waals surface area contributed by atoms with Crippen molar-refractivity contribution >= 4 is 17.1 Å². The van der Waals surface area contributed by atoms with Crippen LogP contribution in [0.2, 0.25) is 0 Å². The highest BCUT2D eigenvalue weighted by Crippen LogP contribution is 2.06. The molecule has 0 amide bonds. The van der Waals surface area contributed by atoms with Crippen molar-refractivity contribution in [2.75, 3.05) is 11.9 Å². The molecule has 5 nitrogen and oxygen atoms in total. The SMILES string of the molecule is CCCNc1ncc2[nH]cnc2n1. The van der Waals surface area contributed by atoms with E-state index in [4.69, 9.17) is 0 Å². The summed E-state index contributed by atoms with van der Waals surface area (Å²) in [5.41, 5.74) is 1.57. The van der Waals surface area contributed by atoms with Crippen LogP contribution in [-0.2, 0) is 0 Å². The first-order valence-corrected chi connectivity index (χ1v) is 4.30. The van der Waals surface area contributed by atoms with Crippen LogP contribution in [0.25, 0.3) is 11.2 Å². The fraction of sp³-hybridized carbons (Fsp3) is 0.375. The number of aromatic nitrogens is 4. The Morgan fingerprint density at radius 2 is 2.38 bits per heavy atom. The van der Waals surface area contributed by atoms with Crippen molar-refractivity contribution in [2.24, 2.45) is 0 Å². The number of anilines is 1. The van der Waals surface area contributed by atoms with E-state index in [1.54, 1.807) is 12.5 Å². The highest BCUT2D eigenvalue weighted by Gasteiger charge is 1.99. The molecule has 0 unspecified atom stereocenters. The summed E-state index contributed by atoms with van der Waals surface area (Å²) in [5, 5.41) is 3.10. The van der Waals surface area contributed by atoms with Gasteiger partial charge < -0.3 is 10.3 Å². The van der Waals surface area contributed by atoms with Crippen LogP contribution in [0.15, 0.2) is 12.5 Å². The van der Waals surface area contributed by atoms with Crippen LogP contribution in [0.4, 0.5) is 5.95 Å². The Kier molecular flexibility index (Phi) is 2.08. The number of nitrogens with zero attached hydrogens (tertiary/aromatic N) is 3. The van der Waals surface area contributed by atoms with E-state index in [0.717, 1.165) is 18.5 Å². The first kappa shape index (κ1) is 7.97. The second kappa shape index (κ2) is 3.38. The second-order valence-electron chi connectivity index (χ2n) is 2.76. The van der Waals surface area contributed by atoms with Crippen LogP contribution in [0, 0.1) is 0 Å². The quantitative estimate of drug-likeness (QED) is 0.738. The molecule has 2 rings (SSSR count). The lowest BCUT2D eigenvalue weighted by atomic mass is 10.5. The van der Waals surface area contributed by atoms with E-state index in [1.807, 2.05) is 0 Å². The third-order valence-corrected chi connectivity index (χ3v) is 1.71. The molecule has 0 aliphatic heterocycles. The minimum Gasteiger partial charge on any atom is -0.354 e. The average molecular weight is 177 g/mol. The van der Waals surface area contributed by atoms with E-state index in [0.29, 0.717) is 11.6 Å². The molecule has 0 aromatic carbocycles. The molecule has 0 aliphatic carbocycles. The van der Waals surface area contributed by atoms with Gasteiger partial charge in [0, 0.05) is 6.54 Å². The summed E-state index contributed by atoms with van der Waals surface area (Å²) in [6.07, 6.45) is 4.40. The molecule has 0 radical (unpaired) electrons. The van der Waals surface area contributed by atoms with Crippen LogP contribution in [0.1, 0.15) is 13.3 Å². The molecule has 2 aromatic heterocycles. The van der Waals surface area contributed by atoms with Gasteiger partial charge in [0.25, 0.3) is 0 Å². The summed E-state index contributed by atoms with van der Waals surface area (Å²) in [6.45, 7) is 2.98. The Balaban J connectivity index is 2.26. The molecular weight excluding hydrogens is 166 g/mol. The van der Waals surface area contributed by atoms with Gasteiger partial charge in [0.2, 0.25) is 5.95 Å². The van der Waals surface area contributed by atoms with Crippen LogP contribution in [0.5, 0.6) is 0 Å². The van der Waals surface area contributed by atoms with Gasteiger partial charge in [-0.15, -0.1) is 0 Å². The molecule has 0 saturated carbocycles. The van der Waals surface area contributed by atoms with Crippen LogP contribution in [0.3, 0.4) is 0 Å². The highest BCUT2D eigenvalue weighted by atomic mass is 15.1. The normalized spacial score (nSPS) is 10.5. The molecular formula is C8H11N5. The molecule has 5 heteroatoms. The first-order valence-electron chi connectivity index (χ1n) is 4.30. The Labute approximate surface area is 75.6 Å². The molecule has 0 aliphatic rings. The van der Waals surface area contributed by atoms with Gasteiger partial charge in [-0.2, -0.15) is 4.98 Å². The molecule has 0 spiro atoms. The van der Waals surface area contributed by atoms with E-state index in [2.05, 4.69) is 32.2 Å². The number of aromatic amines is 1. The van der Waals surface area contributed by atoms with Crippen LogP contribution >= 0.6 is 0 Å². The van der Waals surface area contributed by atoms with E-state index < -0.39 is 0 Å². The zero-order chi connectivity index (χ0) is 9.10. The van der Waals surface area contributed by atoms with Crippen LogP contribution in [-0.4, -0.2) is 26.5 Å². The van der Waals surface area contributed by atoms with Gasteiger partial charge in [-0.25, -0.2) is 9.97 Å². The maximum Gasteiger partial charge on any atom is 0.224 e. The standard InChI is InChI=1S/C8H11N5/c1-2-3-9-8-10-4-6-7(13-8)12-5-11-6/h4-5H,2-3H2,1H3,(H2,9,10,11,12,13). The summed E-state index contributed by atoms with van der Waals surface area (Å²) in [5.74, 6) is 0.640. The van der Waals surface area contributed by atoms with Gasteiger partial charge in [0.1, 0.15) is 5.52 Å². The molecule has 13 heavy (non-hydrogen) atoms. The lowest BCUT2D eigenvalue weighted by Crippen LogP contribution is -2.03. The van der Waals surface area contributed by atoms with E-state index in [1.165, 1.54) is 0 Å². The predicted octanol–water partition coefficient (Wildman–Crippen LogP) is 1.17. The largest absolute Gasteiger partial charge is 0.354 e. The second-order valence-corrected chi connectivity index (χ2v) is 2.76. The predicted molar refractivity (Wildman–Crippen MR) is 50.5 cm³/mol. The van der Waals surface area contributed by atoms with Gasteiger partial charge in [-0.05, 0) is 6.42 Å². The third-order valence-electron chi connectivity index (χ3n) is 1.71. The fourth-order valence-corrected chi connectivity index (χ4v) is 1.06. The molecule has 2 aromatic rings. The lowest BCUT2D eigenvalue weighted by Gasteiger charge is -2.00. The average Bonchev–Trinajstić information content (AvgIpc) is 2.61. The fourth-order valence-electron chi connectivity index (χ4n) is 1.06. The molecule has 2 heterocycles. The maximum atomic E-state index is 4.21. The first-order chi connectivity index (χ1) is 6.40. The summed E-state index contributed by atoms with van der Waals surface area (Å²) < 4.78 is 0. The highest BCUT2D eigenvalue weighted by molar-refractivity contribution is 5.69. The molecule has 0 fully saturated rings. The van der Waals surface area contributed by atoms with Crippen molar-refractivity contribution in [2.45, 2.75) is 13.3 Å². The van der Waals surface area contributed by atoms with Crippen molar-refractivity contribution in [1.29, 1.82) is 0 Å². The Morgan fingerprint density at radius 3 is 3.23 bits per heavy atom. The van der Waals surface area contributed by atoms with E-state index in [9.17, 15) is 0 Å². The summed E-state index contributed by atoms with van der Waals surface area (Å²) in [4.78, 5) is 15.3. The number of hydrogen-bond acceptors (Lipinski definition) is 4. The summed E-state index contributed by atoms with van der Waals surface area (Å²) in [6, 6.07) is 0. The smallest absolute Gasteiger partial charge is 0.224 e. The minimum atomic E-state index is 0.640. The monoisotopic (exact) mass is 177 g/mol. The van der Waals surface area contributed by atoms with Crippen molar-refractivity contribution in [1.82, 2.24) is 19.9 Å². The molecule has 2 N–H and O–H groups in total. The van der Waals surface area contributed by atoms with Gasteiger partial charge >= 0.3 is 0 Å². The zero-order valence-corrected chi connectivity index (χ0v) is 7.41. The third kappa shape index (κ3) is 1.58. The Bertz CT molecular complexity index is 394. The Hall–Kier alpha value is -1.65. The number of imidazole rings is 1. The molecule has 0 atom stereocenters. The van der Waals surface area contributed by atoms with E-state index in [-0.39, 0.29) is 0 Å². The summed E-state index contributed by atoms with van der Waals surface area (Å²) in [7, 11) is 0. The van der Waals surface area contributed by atoms with Gasteiger partial charge in [0.15, 0.2) is 5.65 Å². The van der Waals surface area contributed by atoms with E-state index >= 15 is 0 Å². The Morgan fingerprint density at radius 1 is 1.46 bits per heavy atom. The maximum absolute atomic E-state index is 4.21. The lowest BCUT2D eigenvalue weighted by molar-refractivity contribution is 0.956.